The predicted molar refractivity (Wildman–Crippen MR) is 65.4 cm³/mol. The number of aliphatic carboxylic acids is 1. The molecule has 0 aromatic heterocycles. The summed E-state index contributed by atoms with van der Waals surface area (Å²) >= 11 is 0. The Labute approximate surface area is 98.6 Å². The molecule has 1 aliphatic carbocycles. The van der Waals surface area contributed by atoms with Crippen LogP contribution in [0.25, 0.3) is 0 Å². The summed E-state index contributed by atoms with van der Waals surface area (Å²) in [4.78, 5) is 10.9. The quantitative estimate of drug-likeness (QED) is 0.733. The van der Waals surface area contributed by atoms with Gasteiger partial charge in [-0.25, -0.2) is 0 Å². The van der Waals surface area contributed by atoms with Crippen LogP contribution >= 0.6 is 0 Å². The fraction of sp³-hybridized carbons (Fsp3) is 0.923. The number of carboxylic acid groups (broad SMARTS) is 1. The maximum absolute atomic E-state index is 10.9. The second-order valence-corrected chi connectivity index (χ2v) is 5.98. The van der Waals surface area contributed by atoms with E-state index in [1.807, 2.05) is 0 Å². The molecule has 0 aromatic carbocycles. The first-order valence-electron chi connectivity index (χ1n) is 6.31. The van der Waals surface area contributed by atoms with E-state index in [0.29, 0.717) is 12.5 Å². The van der Waals surface area contributed by atoms with Crippen LogP contribution < -0.4 is 5.32 Å². The van der Waals surface area contributed by atoms with Crippen LogP contribution in [0.1, 0.15) is 47.0 Å². The standard InChI is InChI=1S/C13H25NO2/c1-9(2)10-5-6-11(10)14-8-7-13(3,4)12(15)16/h9-11,14H,5-8H2,1-4H3,(H,15,16). The molecular weight excluding hydrogens is 202 g/mol. The van der Waals surface area contributed by atoms with Gasteiger partial charge in [0.15, 0.2) is 0 Å². The molecule has 1 saturated carbocycles. The highest BCUT2D eigenvalue weighted by atomic mass is 16.4. The Balaban J connectivity index is 2.24. The molecule has 1 rings (SSSR count). The lowest BCUT2D eigenvalue weighted by molar-refractivity contribution is -0.147. The van der Waals surface area contributed by atoms with E-state index < -0.39 is 11.4 Å². The molecule has 2 N–H and O–H groups in total. The summed E-state index contributed by atoms with van der Waals surface area (Å²) in [5, 5.41) is 12.5. The molecule has 2 atom stereocenters. The van der Waals surface area contributed by atoms with Crippen molar-refractivity contribution in [2.75, 3.05) is 6.54 Å². The second-order valence-electron chi connectivity index (χ2n) is 5.98. The average Bonchev–Trinajstić information content (AvgIpc) is 2.09. The van der Waals surface area contributed by atoms with E-state index in [9.17, 15) is 4.79 Å². The van der Waals surface area contributed by atoms with Gasteiger partial charge in [-0.1, -0.05) is 13.8 Å². The Kier molecular flexibility index (Phi) is 4.36. The molecule has 0 aromatic rings. The van der Waals surface area contributed by atoms with Gasteiger partial charge >= 0.3 is 5.97 Å². The van der Waals surface area contributed by atoms with Gasteiger partial charge in [0, 0.05) is 6.04 Å². The third-order valence-electron chi connectivity index (χ3n) is 3.92. The number of rotatable bonds is 6. The molecule has 0 aliphatic heterocycles. The van der Waals surface area contributed by atoms with E-state index in [-0.39, 0.29) is 0 Å². The summed E-state index contributed by atoms with van der Waals surface area (Å²) in [5.74, 6) is 0.815. The van der Waals surface area contributed by atoms with Crippen LogP contribution in [0.4, 0.5) is 0 Å². The highest BCUT2D eigenvalue weighted by molar-refractivity contribution is 5.73. The summed E-state index contributed by atoms with van der Waals surface area (Å²) in [6, 6.07) is 0.615. The smallest absolute Gasteiger partial charge is 0.309 e. The minimum atomic E-state index is -0.705. The summed E-state index contributed by atoms with van der Waals surface area (Å²) in [6.07, 6.45) is 3.26. The topological polar surface area (TPSA) is 49.3 Å². The summed E-state index contributed by atoms with van der Waals surface area (Å²) < 4.78 is 0. The molecule has 16 heavy (non-hydrogen) atoms. The zero-order chi connectivity index (χ0) is 12.3. The average molecular weight is 227 g/mol. The SMILES string of the molecule is CC(C)C1CCC1NCCC(C)(C)C(=O)O. The van der Waals surface area contributed by atoms with Crippen molar-refractivity contribution in [1.82, 2.24) is 5.32 Å². The third kappa shape index (κ3) is 3.21. The van der Waals surface area contributed by atoms with E-state index in [1.165, 1.54) is 12.8 Å². The molecule has 1 aliphatic rings. The predicted octanol–water partition coefficient (Wildman–Crippen LogP) is 2.51. The van der Waals surface area contributed by atoms with Gasteiger partial charge in [0.25, 0.3) is 0 Å². The summed E-state index contributed by atoms with van der Waals surface area (Å²) in [7, 11) is 0. The van der Waals surface area contributed by atoms with Crippen molar-refractivity contribution in [2.24, 2.45) is 17.3 Å². The van der Waals surface area contributed by atoms with Crippen LogP contribution in [-0.4, -0.2) is 23.7 Å². The van der Waals surface area contributed by atoms with Gasteiger partial charge in [0.05, 0.1) is 5.41 Å². The summed E-state index contributed by atoms with van der Waals surface area (Å²) in [6.45, 7) is 8.92. The van der Waals surface area contributed by atoms with E-state index in [0.717, 1.165) is 18.4 Å². The number of hydrogen-bond acceptors (Lipinski definition) is 2. The second kappa shape index (κ2) is 5.17. The van der Waals surface area contributed by atoms with Gasteiger partial charge in [0.2, 0.25) is 0 Å². The molecule has 1 fully saturated rings. The van der Waals surface area contributed by atoms with E-state index in [2.05, 4.69) is 19.2 Å². The fourth-order valence-electron chi connectivity index (χ4n) is 2.25. The van der Waals surface area contributed by atoms with Crippen LogP contribution in [0.3, 0.4) is 0 Å². The molecule has 0 saturated heterocycles. The lowest BCUT2D eigenvalue weighted by atomic mass is 9.72. The van der Waals surface area contributed by atoms with Gasteiger partial charge in [-0.05, 0) is 51.5 Å². The molecular formula is C13H25NO2. The lowest BCUT2D eigenvalue weighted by Gasteiger charge is -2.40. The van der Waals surface area contributed by atoms with Crippen molar-refractivity contribution in [2.45, 2.75) is 53.0 Å². The van der Waals surface area contributed by atoms with E-state index in [4.69, 9.17) is 5.11 Å². The Morgan fingerprint density at radius 2 is 2.06 bits per heavy atom. The first-order chi connectivity index (χ1) is 7.34. The maximum atomic E-state index is 10.9. The van der Waals surface area contributed by atoms with E-state index in [1.54, 1.807) is 13.8 Å². The molecule has 94 valence electrons. The Bertz CT molecular complexity index is 248. The zero-order valence-electron chi connectivity index (χ0n) is 10.9. The van der Waals surface area contributed by atoms with Gasteiger partial charge in [-0.15, -0.1) is 0 Å². The van der Waals surface area contributed by atoms with Gasteiger partial charge in [-0.2, -0.15) is 0 Å². The minimum Gasteiger partial charge on any atom is -0.481 e. The first-order valence-corrected chi connectivity index (χ1v) is 6.31. The number of carbonyl (C=O) groups is 1. The van der Waals surface area contributed by atoms with Gasteiger partial charge < -0.3 is 10.4 Å². The largest absolute Gasteiger partial charge is 0.481 e. The van der Waals surface area contributed by atoms with Crippen molar-refractivity contribution in [3.63, 3.8) is 0 Å². The minimum absolute atomic E-state index is 0.607. The van der Waals surface area contributed by atoms with Gasteiger partial charge in [0.1, 0.15) is 0 Å². The first kappa shape index (κ1) is 13.5. The molecule has 0 spiro atoms. The van der Waals surface area contributed by atoms with Crippen molar-refractivity contribution in [3.05, 3.63) is 0 Å². The van der Waals surface area contributed by atoms with Crippen LogP contribution in [0, 0.1) is 17.3 Å². The molecule has 3 nitrogen and oxygen atoms in total. The molecule has 3 heteroatoms. The van der Waals surface area contributed by atoms with E-state index >= 15 is 0 Å². The zero-order valence-corrected chi connectivity index (χ0v) is 10.9. The lowest BCUT2D eigenvalue weighted by Crippen LogP contribution is -2.47. The third-order valence-corrected chi connectivity index (χ3v) is 3.92. The van der Waals surface area contributed by atoms with Crippen molar-refractivity contribution in [3.8, 4) is 0 Å². The Morgan fingerprint density at radius 1 is 1.44 bits per heavy atom. The highest BCUT2D eigenvalue weighted by Crippen LogP contribution is 2.33. The Hall–Kier alpha value is -0.570. The maximum Gasteiger partial charge on any atom is 0.309 e. The summed E-state index contributed by atoms with van der Waals surface area (Å²) in [5.41, 5.74) is -0.607. The van der Waals surface area contributed by atoms with Crippen molar-refractivity contribution < 1.29 is 9.90 Å². The monoisotopic (exact) mass is 227 g/mol. The van der Waals surface area contributed by atoms with Crippen LogP contribution in [-0.2, 0) is 4.79 Å². The van der Waals surface area contributed by atoms with Crippen LogP contribution in [0.5, 0.6) is 0 Å². The van der Waals surface area contributed by atoms with Crippen LogP contribution in [0.2, 0.25) is 0 Å². The molecule has 2 unspecified atom stereocenters. The molecule has 0 heterocycles. The molecule has 0 radical (unpaired) electrons. The highest BCUT2D eigenvalue weighted by Gasteiger charge is 2.33. The number of hydrogen-bond donors (Lipinski definition) is 2. The molecule has 0 bridgehead atoms. The van der Waals surface area contributed by atoms with Crippen molar-refractivity contribution in [1.29, 1.82) is 0 Å². The Morgan fingerprint density at radius 3 is 2.44 bits per heavy atom. The van der Waals surface area contributed by atoms with Crippen LogP contribution in [0.15, 0.2) is 0 Å². The molecule has 0 amide bonds. The normalized spacial score (nSPS) is 25.6. The number of carboxylic acids is 1. The van der Waals surface area contributed by atoms with Gasteiger partial charge in [-0.3, -0.25) is 4.79 Å². The number of nitrogens with one attached hydrogen (secondary N) is 1. The van der Waals surface area contributed by atoms with Crippen molar-refractivity contribution >= 4 is 5.97 Å². The fourth-order valence-corrected chi connectivity index (χ4v) is 2.25.